The van der Waals surface area contributed by atoms with Gasteiger partial charge in [0.25, 0.3) is 0 Å². The Labute approximate surface area is 194 Å². The molecule has 2 N–H and O–H groups in total. The van der Waals surface area contributed by atoms with Gasteiger partial charge in [-0.15, -0.1) is 0 Å². The third-order valence-electron chi connectivity index (χ3n) is 9.27. The highest BCUT2D eigenvalue weighted by atomic mass is 16.6. The lowest BCUT2D eigenvalue weighted by atomic mass is 9.41. The van der Waals surface area contributed by atoms with Gasteiger partial charge in [-0.3, -0.25) is 9.59 Å². The number of esters is 2. The third-order valence-corrected chi connectivity index (χ3v) is 9.27. The SMILES string of the molecule is CC[C@H](C)C(=O)O[C@H]1C[C@](C)(O)[C@](C)(CCC2=CC(=O)OC2)[C@H]2CCC[C@]3(CO3)[C@]12C(=O)O. The number of ether oxygens (including phenoxy) is 3. The Morgan fingerprint density at radius 1 is 1.33 bits per heavy atom. The molecule has 0 aromatic carbocycles. The van der Waals surface area contributed by atoms with Gasteiger partial charge in [-0.25, -0.2) is 4.79 Å². The largest absolute Gasteiger partial charge is 0.481 e. The number of epoxide rings is 1. The molecule has 0 bridgehead atoms. The first kappa shape index (κ1) is 24.2. The van der Waals surface area contributed by atoms with Gasteiger partial charge in [0.2, 0.25) is 0 Å². The van der Waals surface area contributed by atoms with E-state index in [1.54, 1.807) is 13.8 Å². The molecule has 33 heavy (non-hydrogen) atoms. The van der Waals surface area contributed by atoms with E-state index < -0.39 is 46.0 Å². The average molecular weight is 465 g/mol. The van der Waals surface area contributed by atoms with Crippen LogP contribution >= 0.6 is 0 Å². The number of carbonyl (C=O) groups is 3. The third kappa shape index (κ3) is 3.52. The van der Waals surface area contributed by atoms with Gasteiger partial charge in [-0.2, -0.15) is 0 Å². The fourth-order valence-electron chi connectivity index (χ4n) is 6.74. The molecule has 0 aromatic rings. The zero-order valence-corrected chi connectivity index (χ0v) is 20.0. The maximum Gasteiger partial charge on any atom is 0.331 e. The van der Waals surface area contributed by atoms with Gasteiger partial charge in [-0.05, 0) is 50.5 Å². The standard InChI is InChI=1S/C25H36O8/c1-5-15(2)20(27)33-18-12-23(4,30)22(3,10-8-16-11-19(26)31-13-16)17-7-6-9-24(14-32-24)25(17,18)21(28)29/h11,15,17-18,30H,5-10,12-14H2,1-4H3,(H,28,29)/t15-,17+,18-,22+,23-,24-,25-/m0/s1. The smallest absolute Gasteiger partial charge is 0.331 e. The van der Waals surface area contributed by atoms with Crippen molar-refractivity contribution in [1.82, 2.24) is 0 Å². The molecule has 1 spiro atoms. The summed E-state index contributed by atoms with van der Waals surface area (Å²) >= 11 is 0. The van der Waals surface area contributed by atoms with Gasteiger partial charge in [0.15, 0.2) is 0 Å². The molecule has 4 aliphatic rings. The first-order valence-electron chi connectivity index (χ1n) is 12.1. The Morgan fingerprint density at radius 2 is 2.03 bits per heavy atom. The Balaban J connectivity index is 1.76. The lowest BCUT2D eigenvalue weighted by molar-refractivity contribution is -0.258. The van der Waals surface area contributed by atoms with Crippen molar-refractivity contribution >= 4 is 17.9 Å². The maximum atomic E-state index is 13.2. The predicted molar refractivity (Wildman–Crippen MR) is 117 cm³/mol. The van der Waals surface area contributed by atoms with Crippen LogP contribution in [0, 0.1) is 22.7 Å². The van der Waals surface area contributed by atoms with E-state index in [0.717, 1.165) is 12.0 Å². The van der Waals surface area contributed by atoms with Crippen LogP contribution in [-0.2, 0) is 28.6 Å². The van der Waals surface area contributed by atoms with Crippen molar-refractivity contribution in [2.75, 3.05) is 13.2 Å². The molecule has 3 fully saturated rings. The maximum absolute atomic E-state index is 13.2. The molecule has 8 heteroatoms. The van der Waals surface area contributed by atoms with E-state index in [4.69, 9.17) is 14.2 Å². The van der Waals surface area contributed by atoms with Crippen molar-refractivity contribution in [2.45, 2.75) is 89.9 Å². The molecule has 0 unspecified atom stereocenters. The van der Waals surface area contributed by atoms with Crippen molar-refractivity contribution in [3.63, 3.8) is 0 Å². The Bertz CT molecular complexity index is 872. The molecule has 2 heterocycles. The number of hydrogen-bond acceptors (Lipinski definition) is 7. The van der Waals surface area contributed by atoms with Crippen molar-refractivity contribution in [3.8, 4) is 0 Å². The quantitative estimate of drug-likeness (QED) is 0.435. The van der Waals surface area contributed by atoms with E-state index in [1.165, 1.54) is 6.08 Å². The summed E-state index contributed by atoms with van der Waals surface area (Å²) in [5.41, 5.74) is -3.55. The zero-order chi connectivity index (χ0) is 24.2. The summed E-state index contributed by atoms with van der Waals surface area (Å²) in [6.45, 7) is 7.87. The minimum absolute atomic E-state index is 0.0219. The number of aliphatic hydroxyl groups is 1. The number of carboxylic acids is 1. The minimum Gasteiger partial charge on any atom is -0.481 e. The van der Waals surface area contributed by atoms with Gasteiger partial charge in [0.05, 0.1) is 18.1 Å². The summed E-state index contributed by atoms with van der Waals surface area (Å²) in [5.74, 6) is -2.65. The van der Waals surface area contributed by atoms with Gasteiger partial charge in [-0.1, -0.05) is 27.2 Å². The van der Waals surface area contributed by atoms with Crippen LogP contribution in [0.25, 0.3) is 0 Å². The van der Waals surface area contributed by atoms with E-state index in [0.29, 0.717) is 38.7 Å². The fraction of sp³-hybridized carbons (Fsp3) is 0.800. The van der Waals surface area contributed by atoms with Gasteiger partial charge >= 0.3 is 17.9 Å². The molecule has 8 nitrogen and oxygen atoms in total. The van der Waals surface area contributed by atoms with Crippen molar-refractivity contribution in [2.24, 2.45) is 22.7 Å². The number of cyclic esters (lactones) is 1. The fourth-order valence-corrected chi connectivity index (χ4v) is 6.74. The minimum atomic E-state index is -1.43. The summed E-state index contributed by atoms with van der Waals surface area (Å²) in [7, 11) is 0. The predicted octanol–water partition coefficient (Wildman–Crippen LogP) is 3.01. The molecule has 4 rings (SSSR count). The molecule has 184 valence electrons. The molecule has 0 radical (unpaired) electrons. The van der Waals surface area contributed by atoms with Crippen LogP contribution in [-0.4, -0.2) is 58.6 Å². The monoisotopic (exact) mass is 464 g/mol. The molecular weight excluding hydrogens is 428 g/mol. The van der Waals surface area contributed by atoms with Crippen LogP contribution in [0.15, 0.2) is 11.6 Å². The number of fused-ring (bicyclic) bond motifs is 2. The van der Waals surface area contributed by atoms with E-state index in [1.807, 2.05) is 13.8 Å². The summed E-state index contributed by atoms with van der Waals surface area (Å²) < 4.78 is 16.9. The first-order valence-corrected chi connectivity index (χ1v) is 12.1. The summed E-state index contributed by atoms with van der Waals surface area (Å²) in [5, 5.41) is 22.5. The van der Waals surface area contributed by atoms with Crippen molar-refractivity contribution in [3.05, 3.63) is 11.6 Å². The zero-order valence-electron chi connectivity index (χ0n) is 20.0. The number of hydrogen-bond donors (Lipinski definition) is 2. The second-order valence-corrected chi connectivity index (χ2v) is 10.9. The number of aliphatic carboxylic acids is 1. The van der Waals surface area contributed by atoms with Gasteiger partial charge < -0.3 is 24.4 Å². The lowest BCUT2D eigenvalue weighted by Gasteiger charge is -2.64. The van der Waals surface area contributed by atoms with Crippen LogP contribution in [0.1, 0.15) is 72.6 Å². The molecule has 2 saturated carbocycles. The van der Waals surface area contributed by atoms with E-state index in [2.05, 4.69) is 0 Å². The Morgan fingerprint density at radius 3 is 2.58 bits per heavy atom. The van der Waals surface area contributed by atoms with E-state index >= 15 is 0 Å². The van der Waals surface area contributed by atoms with E-state index in [-0.39, 0.29) is 24.9 Å². The van der Waals surface area contributed by atoms with Gasteiger partial charge in [0.1, 0.15) is 23.7 Å². The normalized spacial score (nSPS) is 42.8. The van der Waals surface area contributed by atoms with E-state index in [9.17, 15) is 24.6 Å². The van der Waals surface area contributed by atoms with Crippen LogP contribution in [0.5, 0.6) is 0 Å². The number of carbonyl (C=O) groups excluding carboxylic acids is 2. The highest BCUT2D eigenvalue weighted by Gasteiger charge is 2.80. The first-order chi connectivity index (χ1) is 15.4. The Hall–Kier alpha value is -1.93. The summed E-state index contributed by atoms with van der Waals surface area (Å²) in [6.07, 6.45) is 4.09. The average Bonchev–Trinajstić information content (AvgIpc) is 3.40. The topological polar surface area (TPSA) is 123 Å². The van der Waals surface area contributed by atoms with Crippen LogP contribution < -0.4 is 0 Å². The van der Waals surface area contributed by atoms with Crippen LogP contribution in [0.3, 0.4) is 0 Å². The van der Waals surface area contributed by atoms with Crippen molar-refractivity contribution in [1.29, 1.82) is 0 Å². The number of rotatable bonds is 7. The highest BCUT2D eigenvalue weighted by Crippen LogP contribution is 2.70. The second-order valence-electron chi connectivity index (χ2n) is 10.9. The molecule has 7 atom stereocenters. The molecule has 0 amide bonds. The van der Waals surface area contributed by atoms with Gasteiger partial charge in [0, 0.05) is 17.9 Å². The Kier molecular flexibility index (Phi) is 5.93. The van der Waals surface area contributed by atoms with Crippen LogP contribution in [0.4, 0.5) is 0 Å². The van der Waals surface area contributed by atoms with Crippen LogP contribution in [0.2, 0.25) is 0 Å². The lowest BCUT2D eigenvalue weighted by Crippen LogP contribution is -2.72. The molecule has 2 aliphatic heterocycles. The second kappa shape index (κ2) is 8.08. The molecule has 0 aromatic heterocycles. The molecule has 2 aliphatic carbocycles. The number of carboxylic acid groups (broad SMARTS) is 1. The highest BCUT2D eigenvalue weighted by molar-refractivity contribution is 5.85. The molecular formula is C25H36O8. The molecule has 1 saturated heterocycles. The summed E-state index contributed by atoms with van der Waals surface area (Å²) in [6, 6.07) is 0. The summed E-state index contributed by atoms with van der Waals surface area (Å²) in [4.78, 5) is 37.5. The van der Waals surface area contributed by atoms with Crippen molar-refractivity contribution < 1.29 is 38.8 Å².